The summed E-state index contributed by atoms with van der Waals surface area (Å²) in [5.74, 6) is 1.47. The zero-order chi connectivity index (χ0) is 13.8. The Hall–Kier alpha value is -1.43. The number of rotatable bonds is 7. The Labute approximate surface area is 114 Å². The predicted molar refractivity (Wildman–Crippen MR) is 72.3 cm³/mol. The minimum absolute atomic E-state index is 0.0671. The molecule has 1 atom stereocenters. The van der Waals surface area contributed by atoms with E-state index in [2.05, 4.69) is 34.6 Å². The van der Waals surface area contributed by atoms with Gasteiger partial charge in [-0.3, -0.25) is 10.1 Å². The zero-order valence-corrected chi connectivity index (χ0v) is 11.9. The molecule has 0 bridgehead atoms. The average Bonchev–Trinajstić information content (AvgIpc) is 3.05. The van der Waals surface area contributed by atoms with E-state index < -0.39 is 0 Å². The molecule has 1 unspecified atom stereocenters. The van der Waals surface area contributed by atoms with Gasteiger partial charge in [-0.2, -0.15) is 5.10 Å². The molecule has 6 heteroatoms. The standard InChI is InChI=1S/C13H23N5O/c1-9(2)7-18-12(15-8-16-18)6-14-10(3)13(19)17-11-4-5-11/h8-11,14H,4-7H2,1-3H3,(H,17,19). The molecule has 1 saturated carbocycles. The van der Waals surface area contributed by atoms with Gasteiger partial charge in [0.25, 0.3) is 0 Å². The van der Waals surface area contributed by atoms with Gasteiger partial charge in [-0.05, 0) is 25.7 Å². The van der Waals surface area contributed by atoms with Crippen LogP contribution in [0.5, 0.6) is 0 Å². The fourth-order valence-corrected chi connectivity index (χ4v) is 1.81. The molecule has 0 aromatic carbocycles. The molecule has 2 rings (SSSR count). The van der Waals surface area contributed by atoms with Crippen LogP contribution in [0.2, 0.25) is 0 Å². The van der Waals surface area contributed by atoms with E-state index in [-0.39, 0.29) is 11.9 Å². The van der Waals surface area contributed by atoms with Crippen LogP contribution in [-0.2, 0) is 17.9 Å². The van der Waals surface area contributed by atoms with E-state index in [1.165, 1.54) is 0 Å². The third-order valence-electron chi connectivity index (χ3n) is 3.12. The summed E-state index contributed by atoms with van der Waals surface area (Å²) in [6.07, 6.45) is 3.79. The Kier molecular flexibility index (Phi) is 4.52. The number of hydrogen-bond acceptors (Lipinski definition) is 4. The van der Waals surface area contributed by atoms with E-state index >= 15 is 0 Å². The van der Waals surface area contributed by atoms with Gasteiger partial charge in [0.05, 0.1) is 12.6 Å². The first-order valence-electron chi connectivity index (χ1n) is 6.96. The van der Waals surface area contributed by atoms with Crippen molar-refractivity contribution >= 4 is 5.91 Å². The summed E-state index contributed by atoms with van der Waals surface area (Å²) in [5.41, 5.74) is 0. The maximum atomic E-state index is 11.8. The lowest BCUT2D eigenvalue weighted by atomic mass is 10.2. The molecule has 106 valence electrons. The first kappa shape index (κ1) is 14.0. The van der Waals surface area contributed by atoms with Crippen molar-refractivity contribution in [3.8, 4) is 0 Å². The molecule has 0 aliphatic heterocycles. The molecule has 1 heterocycles. The molecule has 1 aromatic heterocycles. The number of nitrogens with one attached hydrogen (secondary N) is 2. The second kappa shape index (κ2) is 6.14. The topological polar surface area (TPSA) is 71.8 Å². The summed E-state index contributed by atoms with van der Waals surface area (Å²) < 4.78 is 1.89. The smallest absolute Gasteiger partial charge is 0.237 e. The van der Waals surface area contributed by atoms with Crippen LogP contribution in [0.1, 0.15) is 39.4 Å². The van der Waals surface area contributed by atoms with Crippen LogP contribution in [-0.4, -0.2) is 32.8 Å². The maximum Gasteiger partial charge on any atom is 0.237 e. The highest BCUT2D eigenvalue weighted by molar-refractivity contribution is 5.81. The Morgan fingerprint density at radius 1 is 1.47 bits per heavy atom. The van der Waals surface area contributed by atoms with E-state index in [4.69, 9.17) is 0 Å². The molecule has 0 spiro atoms. The highest BCUT2D eigenvalue weighted by Crippen LogP contribution is 2.18. The van der Waals surface area contributed by atoms with Crippen molar-refractivity contribution in [1.82, 2.24) is 25.4 Å². The van der Waals surface area contributed by atoms with Crippen molar-refractivity contribution in [3.63, 3.8) is 0 Å². The van der Waals surface area contributed by atoms with Gasteiger partial charge in [0.2, 0.25) is 5.91 Å². The van der Waals surface area contributed by atoms with Crippen molar-refractivity contribution in [2.45, 2.75) is 58.8 Å². The molecule has 1 aliphatic carbocycles. The van der Waals surface area contributed by atoms with Gasteiger partial charge in [0.1, 0.15) is 12.2 Å². The quantitative estimate of drug-likeness (QED) is 0.761. The third kappa shape index (κ3) is 4.31. The molecule has 1 aromatic rings. The van der Waals surface area contributed by atoms with Crippen molar-refractivity contribution in [2.24, 2.45) is 5.92 Å². The largest absolute Gasteiger partial charge is 0.352 e. The molecule has 2 N–H and O–H groups in total. The molecule has 1 aliphatic rings. The normalized spacial score (nSPS) is 16.6. The summed E-state index contributed by atoms with van der Waals surface area (Å²) in [5, 5.41) is 10.4. The summed E-state index contributed by atoms with van der Waals surface area (Å²) in [4.78, 5) is 16.0. The molecule has 1 amide bonds. The number of carbonyl (C=O) groups is 1. The second-order valence-corrected chi connectivity index (χ2v) is 5.64. The Bertz CT molecular complexity index is 424. The van der Waals surface area contributed by atoms with Gasteiger partial charge in [0, 0.05) is 12.6 Å². The minimum Gasteiger partial charge on any atom is -0.352 e. The maximum absolute atomic E-state index is 11.8. The van der Waals surface area contributed by atoms with E-state index in [0.717, 1.165) is 25.2 Å². The molecule has 1 fully saturated rings. The summed E-state index contributed by atoms with van der Waals surface area (Å²) in [7, 11) is 0. The number of amides is 1. The number of nitrogens with zero attached hydrogens (tertiary/aromatic N) is 3. The van der Waals surface area contributed by atoms with Gasteiger partial charge >= 0.3 is 0 Å². The molecular formula is C13H23N5O. The SMILES string of the molecule is CC(C)Cn1ncnc1CNC(C)C(=O)NC1CC1. The third-order valence-corrected chi connectivity index (χ3v) is 3.12. The van der Waals surface area contributed by atoms with Crippen molar-refractivity contribution < 1.29 is 4.79 Å². The van der Waals surface area contributed by atoms with Crippen molar-refractivity contribution in [1.29, 1.82) is 0 Å². The van der Waals surface area contributed by atoms with Gasteiger partial charge < -0.3 is 5.32 Å². The predicted octanol–water partition coefficient (Wildman–Crippen LogP) is 0.691. The molecule has 19 heavy (non-hydrogen) atoms. The molecule has 6 nitrogen and oxygen atoms in total. The second-order valence-electron chi connectivity index (χ2n) is 5.64. The van der Waals surface area contributed by atoms with Gasteiger partial charge in [0.15, 0.2) is 0 Å². The number of carbonyl (C=O) groups excluding carboxylic acids is 1. The Balaban J connectivity index is 1.80. The summed E-state index contributed by atoms with van der Waals surface area (Å²) in [6.45, 7) is 7.57. The summed E-state index contributed by atoms with van der Waals surface area (Å²) >= 11 is 0. The zero-order valence-electron chi connectivity index (χ0n) is 11.9. The van der Waals surface area contributed by atoms with E-state index in [0.29, 0.717) is 18.5 Å². The van der Waals surface area contributed by atoms with Gasteiger partial charge in [-0.25, -0.2) is 9.67 Å². The van der Waals surface area contributed by atoms with Crippen LogP contribution < -0.4 is 10.6 Å². The van der Waals surface area contributed by atoms with E-state index in [9.17, 15) is 4.79 Å². The van der Waals surface area contributed by atoms with Gasteiger partial charge in [-0.15, -0.1) is 0 Å². The monoisotopic (exact) mass is 265 g/mol. The molecular weight excluding hydrogens is 242 g/mol. The van der Waals surface area contributed by atoms with Crippen LogP contribution in [0, 0.1) is 5.92 Å². The van der Waals surface area contributed by atoms with Crippen LogP contribution in [0.15, 0.2) is 6.33 Å². The average molecular weight is 265 g/mol. The number of aromatic nitrogens is 3. The lowest BCUT2D eigenvalue weighted by molar-refractivity contribution is -0.122. The minimum atomic E-state index is -0.204. The summed E-state index contributed by atoms with van der Waals surface area (Å²) in [6, 6.07) is 0.200. The highest BCUT2D eigenvalue weighted by atomic mass is 16.2. The van der Waals surface area contributed by atoms with Crippen molar-refractivity contribution in [2.75, 3.05) is 0 Å². The Morgan fingerprint density at radius 3 is 2.84 bits per heavy atom. The fourth-order valence-electron chi connectivity index (χ4n) is 1.81. The Morgan fingerprint density at radius 2 is 2.21 bits per heavy atom. The van der Waals surface area contributed by atoms with E-state index in [1.807, 2.05) is 11.6 Å². The van der Waals surface area contributed by atoms with Crippen molar-refractivity contribution in [3.05, 3.63) is 12.2 Å². The highest BCUT2D eigenvalue weighted by Gasteiger charge is 2.25. The first-order valence-corrected chi connectivity index (χ1v) is 6.96. The lowest BCUT2D eigenvalue weighted by Crippen LogP contribution is -2.43. The van der Waals surface area contributed by atoms with Gasteiger partial charge in [-0.1, -0.05) is 13.8 Å². The van der Waals surface area contributed by atoms with Crippen LogP contribution in [0.3, 0.4) is 0 Å². The van der Waals surface area contributed by atoms with Crippen LogP contribution in [0.25, 0.3) is 0 Å². The lowest BCUT2D eigenvalue weighted by Gasteiger charge is -2.14. The van der Waals surface area contributed by atoms with E-state index in [1.54, 1.807) is 6.33 Å². The molecule has 0 saturated heterocycles. The number of hydrogen-bond donors (Lipinski definition) is 2. The van der Waals surface area contributed by atoms with Crippen LogP contribution in [0.4, 0.5) is 0 Å². The first-order chi connectivity index (χ1) is 9.06. The fraction of sp³-hybridized carbons (Fsp3) is 0.769. The van der Waals surface area contributed by atoms with Crippen LogP contribution >= 0.6 is 0 Å². The molecule has 0 radical (unpaired) electrons.